The molecule has 0 saturated carbocycles. The van der Waals surface area contributed by atoms with Crippen LogP contribution >= 0.6 is 0 Å². The van der Waals surface area contributed by atoms with E-state index < -0.39 is 29.2 Å². The van der Waals surface area contributed by atoms with Crippen molar-refractivity contribution in [2.75, 3.05) is 21.3 Å². The van der Waals surface area contributed by atoms with Crippen LogP contribution in [0.15, 0.2) is 41.3 Å². The topological polar surface area (TPSA) is 176 Å². The van der Waals surface area contributed by atoms with Crippen LogP contribution < -0.4 is 16.0 Å². The molecule has 0 amide bonds. The summed E-state index contributed by atoms with van der Waals surface area (Å²) in [4.78, 5) is 61.6. The maximum atomic E-state index is 13.7. The number of H-pyrrole nitrogens is 3. The Bertz CT molecular complexity index is 2340. The maximum Gasteiger partial charge on any atom is 0.334 e. The summed E-state index contributed by atoms with van der Waals surface area (Å²) in [7, 11) is 3.92. The summed E-state index contributed by atoms with van der Waals surface area (Å²) in [6.07, 6.45) is 13.8. The number of rotatable bonds is 9. The van der Waals surface area contributed by atoms with Gasteiger partial charge in [0.25, 0.3) is 0 Å². The lowest BCUT2D eigenvalue weighted by atomic mass is 9.64. The molecule has 6 rings (SSSR count). The summed E-state index contributed by atoms with van der Waals surface area (Å²) in [5.74, 6) is -3.55. The second-order valence-corrected chi connectivity index (χ2v) is 13.7. The molecule has 1 saturated heterocycles. The molecular formula is C41H44N4O8. The Kier molecular flexibility index (Phi) is 9.83. The second kappa shape index (κ2) is 14.2. The van der Waals surface area contributed by atoms with Gasteiger partial charge >= 0.3 is 23.9 Å². The Labute approximate surface area is 306 Å². The summed E-state index contributed by atoms with van der Waals surface area (Å²) in [6.45, 7) is 11.9. The number of hydrogen-bond acceptors (Lipinski definition) is 8. The Morgan fingerprint density at radius 2 is 1.47 bits per heavy atom. The Morgan fingerprint density at radius 1 is 0.792 bits per heavy atom. The molecule has 3 aromatic rings. The smallest absolute Gasteiger partial charge is 0.334 e. The number of aromatic amines is 3. The van der Waals surface area contributed by atoms with Crippen LogP contribution in [0.4, 0.5) is 0 Å². The fraction of sp³-hybridized carbons (Fsp3) is 0.317. The van der Waals surface area contributed by atoms with Crippen molar-refractivity contribution in [2.45, 2.75) is 53.4 Å². The number of carboxylic acid groups (broad SMARTS) is 1. The molecule has 0 radical (unpaired) electrons. The number of carbonyl (C=O) groups is 4. The van der Waals surface area contributed by atoms with E-state index in [-0.39, 0.29) is 24.4 Å². The van der Waals surface area contributed by atoms with Crippen LogP contribution in [-0.4, -0.2) is 65.3 Å². The van der Waals surface area contributed by atoms with E-state index in [9.17, 15) is 24.3 Å². The lowest BCUT2D eigenvalue weighted by molar-refractivity contribution is -0.150. The number of aromatic nitrogens is 3. The van der Waals surface area contributed by atoms with Crippen LogP contribution in [0.2, 0.25) is 0 Å². The highest BCUT2D eigenvalue weighted by Gasteiger charge is 2.55. The molecular weight excluding hydrogens is 676 g/mol. The van der Waals surface area contributed by atoms with Gasteiger partial charge in [0, 0.05) is 63.3 Å². The summed E-state index contributed by atoms with van der Waals surface area (Å²) in [5.41, 5.74) is 9.51. The number of hydrogen-bond donors (Lipinski definition) is 5. The van der Waals surface area contributed by atoms with E-state index in [0.717, 1.165) is 66.7 Å². The largest absolute Gasteiger partial charge is 0.481 e. The zero-order valence-corrected chi connectivity index (χ0v) is 31.0. The number of methoxy groups -OCH3 is 3. The first-order valence-electron chi connectivity index (χ1n) is 17.3. The Hall–Kier alpha value is -6.04. The molecule has 53 heavy (non-hydrogen) atoms. The van der Waals surface area contributed by atoms with Gasteiger partial charge in [0.15, 0.2) is 0 Å². The van der Waals surface area contributed by atoms with E-state index in [0.29, 0.717) is 29.9 Å². The molecule has 3 aliphatic rings. The number of allylic oxidation sites excluding steroid dienone is 4. The van der Waals surface area contributed by atoms with Gasteiger partial charge in [-0.25, -0.2) is 4.79 Å². The van der Waals surface area contributed by atoms with Gasteiger partial charge in [0.05, 0.1) is 32.3 Å². The fourth-order valence-electron chi connectivity index (χ4n) is 7.86. The molecule has 8 bridgehead atoms. The van der Waals surface area contributed by atoms with E-state index in [4.69, 9.17) is 14.2 Å². The van der Waals surface area contributed by atoms with Gasteiger partial charge < -0.3 is 39.6 Å². The van der Waals surface area contributed by atoms with Crippen molar-refractivity contribution in [2.24, 2.45) is 11.3 Å². The average Bonchev–Trinajstić information content (AvgIpc) is 3.79. The van der Waals surface area contributed by atoms with Crippen molar-refractivity contribution in [3.8, 4) is 0 Å². The third-order valence-corrected chi connectivity index (χ3v) is 10.9. The molecule has 3 aromatic heterocycles. The zero-order valence-electron chi connectivity index (χ0n) is 31.0. The molecule has 2 unspecified atom stereocenters. The van der Waals surface area contributed by atoms with E-state index in [1.807, 2.05) is 58.1 Å². The van der Waals surface area contributed by atoms with Crippen LogP contribution in [0.1, 0.15) is 75.9 Å². The maximum absolute atomic E-state index is 13.7. The van der Waals surface area contributed by atoms with Gasteiger partial charge in [0.2, 0.25) is 0 Å². The van der Waals surface area contributed by atoms with Crippen molar-refractivity contribution >= 4 is 54.3 Å². The van der Waals surface area contributed by atoms with Crippen molar-refractivity contribution in [1.29, 1.82) is 0 Å². The van der Waals surface area contributed by atoms with Gasteiger partial charge in [-0.2, -0.15) is 0 Å². The van der Waals surface area contributed by atoms with Gasteiger partial charge in [-0.3, -0.25) is 14.4 Å². The second-order valence-electron chi connectivity index (χ2n) is 13.7. The molecule has 276 valence electrons. The average molecular weight is 721 g/mol. The number of esters is 3. The van der Waals surface area contributed by atoms with Crippen LogP contribution in [0.25, 0.3) is 30.4 Å². The van der Waals surface area contributed by atoms with E-state index in [2.05, 4.69) is 26.8 Å². The lowest BCUT2D eigenvalue weighted by Gasteiger charge is -2.36. The third-order valence-electron chi connectivity index (χ3n) is 10.9. The number of carboxylic acids is 1. The number of nitrogens with one attached hydrogen (secondary N) is 4. The number of aliphatic carboxylic acids is 1. The minimum Gasteiger partial charge on any atom is -0.481 e. The summed E-state index contributed by atoms with van der Waals surface area (Å²) < 4.78 is 15.4. The molecule has 2 atom stereocenters. The van der Waals surface area contributed by atoms with Crippen LogP contribution in [0.3, 0.4) is 0 Å². The quantitative estimate of drug-likeness (QED) is 0.161. The first-order chi connectivity index (χ1) is 25.3. The van der Waals surface area contributed by atoms with Gasteiger partial charge in [-0.1, -0.05) is 24.8 Å². The predicted molar refractivity (Wildman–Crippen MR) is 200 cm³/mol. The first-order valence-corrected chi connectivity index (χ1v) is 17.3. The summed E-state index contributed by atoms with van der Waals surface area (Å²) in [5, 5.41) is 14.8. The molecule has 5 N–H and O–H groups in total. The summed E-state index contributed by atoms with van der Waals surface area (Å²) >= 11 is 0. The van der Waals surface area contributed by atoms with Gasteiger partial charge in [-0.05, 0) is 98.2 Å². The molecule has 1 fully saturated rings. The molecule has 5 heterocycles. The Balaban J connectivity index is 1.72. The monoisotopic (exact) mass is 720 g/mol. The van der Waals surface area contributed by atoms with E-state index in [1.54, 1.807) is 12.2 Å². The number of ether oxygens (including phenoxy) is 3. The van der Waals surface area contributed by atoms with E-state index >= 15 is 0 Å². The minimum absolute atomic E-state index is 0.0595. The van der Waals surface area contributed by atoms with E-state index in [1.165, 1.54) is 21.3 Å². The molecule has 2 aliphatic heterocycles. The molecule has 12 nitrogen and oxygen atoms in total. The standard InChI is InChI=1S/C41H44N4O8/c1-9-23-20(2)29-17-34-27-13-10-26(39(49)52-7)38(40(50)53-8)41(27,5)35(45-34)19-30-22(4)25(12-15-37(48)51-6)33(44-30)18-32-24(11-14-36(46)47)21(3)28(43-32)16-31(23)42-29/h9-10,13,16-19,38,42-45H,1,11-12,14-15H2,2-8H3,(H,46,47). The molecule has 12 heteroatoms. The number of fused-ring (bicyclic) bond motifs is 11. The predicted octanol–water partition coefficient (Wildman–Crippen LogP) is 4.15. The Morgan fingerprint density at radius 3 is 2.13 bits per heavy atom. The van der Waals surface area contributed by atoms with Crippen molar-refractivity contribution in [3.63, 3.8) is 0 Å². The SMILES string of the molecule is C=Cc1c2[nH]c(c1C)C=C1NC(=Cc3[nH]c(c(CCC(=O)OC)c3C)C=c3[nH]c(c(C)c3CCC(=O)O)=C2)C2(C)C1=CC=C(C(=O)OC)C2C(=O)OC. The van der Waals surface area contributed by atoms with Crippen molar-refractivity contribution < 1.29 is 38.5 Å². The minimum atomic E-state index is -1.11. The highest BCUT2D eigenvalue weighted by Crippen LogP contribution is 2.55. The third kappa shape index (κ3) is 6.28. The highest BCUT2D eigenvalue weighted by atomic mass is 16.5. The molecule has 0 spiro atoms. The van der Waals surface area contributed by atoms with Gasteiger partial charge in [-0.15, -0.1) is 0 Å². The molecule has 0 aromatic carbocycles. The van der Waals surface area contributed by atoms with Crippen LogP contribution in [0.5, 0.6) is 0 Å². The lowest BCUT2D eigenvalue weighted by Crippen LogP contribution is -2.40. The van der Waals surface area contributed by atoms with Crippen molar-refractivity contribution in [3.05, 3.63) is 108 Å². The molecule has 1 aliphatic carbocycles. The van der Waals surface area contributed by atoms with Gasteiger partial charge in [0.1, 0.15) is 5.92 Å². The fourth-order valence-corrected chi connectivity index (χ4v) is 7.86. The van der Waals surface area contributed by atoms with Crippen LogP contribution in [0, 0.1) is 32.1 Å². The highest BCUT2D eigenvalue weighted by molar-refractivity contribution is 5.98. The van der Waals surface area contributed by atoms with Crippen LogP contribution in [-0.2, 0) is 46.2 Å². The first kappa shape index (κ1) is 36.7. The normalized spacial score (nSPS) is 18.5. The van der Waals surface area contributed by atoms with Crippen molar-refractivity contribution in [1.82, 2.24) is 20.3 Å². The number of carbonyl (C=O) groups excluding carboxylic acids is 3. The zero-order chi connectivity index (χ0) is 38.4. The summed E-state index contributed by atoms with van der Waals surface area (Å²) in [6, 6.07) is 0.